The second-order valence-corrected chi connectivity index (χ2v) is 17.1. The van der Waals surface area contributed by atoms with Gasteiger partial charge >= 0.3 is 0 Å². The number of hydrogen-bond acceptors (Lipinski definition) is 3. The minimum absolute atomic E-state index is 0.872. The van der Waals surface area contributed by atoms with E-state index in [2.05, 4.69) is 216 Å². The zero-order valence-electron chi connectivity index (χ0n) is 33.5. The van der Waals surface area contributed by atoms with E-state index in [0.29, 0.717) is 0 Å². The van der Waals surface area contributed by atoms with Gasteiger partial charge in [-0.3, -0.25) is 0 Å². The van der Waals surface area contributed by atoms with E-state index >= 15 is 0 Å². The first-order chi connectivity index (χ1) is 30.7. The van der Waals surface area contributed by atoms with Crippen molar-refractivity contribution in [2.75, 3.05) is 4.90 Å². The first kappa shape index (κ1) is 34.9. The fraction of sp³-hybridized carbons (Fsp3) is 0. The number of para-hydroxylation sites is 2. The lowest BCUT2D eigenvalue weighted by Crippen LogP contribution is -2.10. The lowest BCUT2D eigenvalue weighted by molar-refractivity contribution is 0.669. The minimum Gasteiger partial charge on any atom is -0.456 e. The Morgan fingerprint density at radius 2 is 1.08 bits per heavy atom. The van der Waals surface area contributed by atoms with Gasteiger partial charge in [0.25, 0.3) is 0 Å². The molecule has 0 fully saturated rings. The van der Waals surface area contributed by atoms with E-state index in [-0.39, 0.29) is 0 Å². The van der Waals surface area contributed by atoms with Gasteiger partial charge in [0.15, 0.2) is 0 Å². The average Bonchev–Trinajstić information content (AvgIpc) is 4.02. The third-order valence-electron chi connectivity index (χ3n) is 12.6. The van der Waals surface area contributed by atoms with Crippen molar-refractivity contribution in [3.05, 3.63) is 218 Å². The zero-order chi connectivity index (χ0) is 40.7. The third-order valence-corrected chi connectivity index (χ3v) is 13.7. The van der Waals surface area contributed by atoms with Crippen LogP contribution in [0.15, 0.2) is 223 Å². The lowest BCUT2D eigenvalue weighted by Gasteiger charge is -2.26. The molecule has 0 spiro atoms. The van der Waals surface area contributed by atoms with Crippen LogP contribution in [0.3, 0.4) is 0 Å². The summed E-state index contributed by atoms with van der Waals surface area (Å²) in [5, 5.41) is 9.72. The van der Waals surface area contributed by atoms with Gasteiger partial charge in [-0.15, -0.1) is 11.3 Å². The van der Waals surface area contributed by atoms with Crippen molar-refractivity contribution in [1.82, 2.24) is 4.57 Å². The standard InChI is InChI=1S/C58H36N2OS/c1-2-13-38(14-3-1)43-32-28-40(35-52(43)60-50-20-9-6-17-45(50)48-33-27-39-15-4-5-16-44(39)58(48)60)37-25-29-41(30-26-37)59(42-31-34-47-46-18-7-10-22-53(46)61-54(47)36-42)51-21-12-24-56-57(51)49-19-8-11-23-55(49)62-56/h1-36H. The highest BCUT2D eigenvalue weighted by Gasteiger charge is 2.22. The van der Waals surface area contributed by atoms with E-state index in [9.17, 15) is 0 Å². The Balaban J connectivity index is 1.01. The average molecular weight is 809 g/mol. The van der Waals surface area contributed by atoms with Crippen LogP contribution in [0.5, 0.6) is 0 Å². The summed E-state index contributed by atoms with van der Waals surface area (Å²) in [5.41, 5.74) is 13.2. The van der Waals surface area contributed by atoms with Gasteiger partial charge < -0.3 is 13.9 Å². The molecule has 4 heteroatoms. The third kappa shape index (κ3) is 5.37. The van der Waals surface area contributed by atoms with Gasteiger partial charge in [-0.1, -0.05) is 152 Å². The number of fused-ring (bicyclic) bond motifs is 11. The molecule has 0 radical (unpaired) electrons. The molecular formula is C58H36N2OS. The Bertz CT molecular complexity index is 3870. The quantitative estimate of drug-likeness (QED) is 0.167. The van der Waals surface area contributed by atoms with Gasteiger partial charge in [0.1, 0.15) is 11.2 Å². The highest BCUT2D eigenvalue weighted by Crippen LogP contribution is 2.47. The van der Waals surface area contributed by atoms with Gasteiger partial charge in [0, 0.05) is 70.1 Å². The van der Waals surface area contributed by atoms with Crippen LogP contribution in [0.1, 0.15) is 0 Å². The van der Waals surface area contributed by atoms with Gasteiger partial charge in [0.2, 0.25) is 0 Å². The summed E-state index contributed by atoms with van der Waals surface area (Å²) in [4.78, 5) is 2.39. The molecule has 3 nitrogen and oxygen atoms in total. The van der Waals surface area contributed by atoms with Crippen molar-refractivity contribution in [2.45, 2.75) is 0 Å². The Kier molecular flexibility index (Phi) is 7.78. The second kappa shape index (κ2) is 13.8. The fourth-order valence-corrected chi connectivity index (χ4v) is 10.9. The number of rotatable bonds is 6. The van der Waals surface area contributed by atoms with Gasteiger partial charge in [-0.05, 0) is 82.7 Å². The molecule has 3 heterocycles. The predicted molar refractivity (Wildman–Crippen MR) is 264 cm³/mol. The molecule has 290 valence electrons. The molecule has 0 saturated carbocycles. The predicted octanol–water partition coefficient (Wildman–Crippen LogP) is 17.0. The first-order valence-corrected chi connectivity index (χ1v) is 21.9. The SMILES string of the molecule is c1ccc(-c2ccc(-c3ccc(N(c4ccc5c(c4)oc4ccccc45)c4cccc5sc6ccccc6c45)cc3)cc2-n2c3ccccc3c3ccc4ccccc4c32)cc1. The van der Waals surface area contributed by atoms with Crippen LogP contribution in [-0.4, -0.2) is 4.57 Å². The molecule has 3 aromatic heterocycles. The van der Waals surface area contributed by atoms with Crippen LogP contribution in [0.25, 0.3) is 103 Å². The molecular weight excluding hydrogens is 773 g/mol. The Hall–Kier alpha value is -7.92. The van der Waals surface area contributed by atoms with Crippen molar-refractivity contribution in [3.63, 3.8) is 0 Å². The number of thiophene rings is 1. The van der Waals surface area contributed by atoms with Crippen molar-refractivity contribution < 1.29 is 4.42 Å². The van der Waals surface area contributed by atoms with E-state index in [4.69, 9.17) is 4.42 Å². The van der Waals surface area contributed by atoms with Crippen LogP contribution >= 0.6 is 11.3 Å². The van der Waals surface area contributed by atoms with E-state index in [1.54, 1.807) is 0 Å². The number of anilines is 3. The minimum atomic E-state index is 0.872. The highest BCUT2D eigenvalue weighted by molar-refractivity contribution is 7.26. The van der Waals surface area contributed by atoms with Gasteiger partial charge in [-0.2, -0.15) is 0 Å². The Labute approximate surface area is 361 Å². The molecule has 0 unspecified atom stereocenters. The normalized spacial score (nSPS) is 11.9. The van der Waals surface area contributed by atoms with Crippen molar-refractivity contribution in [1.29, 1.82) is 0 Å². The summed E-state index contributed by atoms with van der Waals surface area (Å²) in [5.74, 6) is 0. The molecule has 13 rings (SSSR count). The number of hydrogen-bond donors (Lipinski definition) is 0. The fourth-order valence-electron chi connectivity index (χ4n) is 9.76. The summed E-state index contributed by atoms with van der Waals surface area (Å²) in [7, 11) is 0. The Morgan fingerprint density at radius 1 is 0.403 bits per heavy atom. The number of aromatic nitrogens is 1. The van der Waals surface area contributed by atoms with Crippen LogP contribution in [0.2, 0.25) is 0 Å². The number of nitrogens with zero attached hydrogens (tertiary/aromatic N) is 2. The number of benzene rings is 10. The zero-order valence-corrected chi connectivity index (χ0v) is 34.3. The lowest BCUT2D eigenvalue weighted by atomic mass is 9.97. The van der Waals surface area contributed by atoms with Crippen LogP contribution in [-0.2, 0) is 0 Å². The van der Waals surface area contributed by atoms with Crippen molar-refractivity contribution >= 4 is 103 Å². The molecule has 0 saturated heterocycles. The molecule has 0 amide bonds. The molecule has 0 atom stereocenters. The van der Waals surface area contributed by atoms with E-state index in [1.807, 2.05) is 23.5 Å². The molecule has 0 bridgehead atoms. The summed E-state index contributed by atoms with van der Waals surface area (Å²) < 4.78 is 11.5. The van der Waals surface area contributed by atoms with Crippen LogP contribution < -0.4 is 4.90 Å². The summed E-state index contributed by atoms with van der Waals surface area (Å²) in [6.07, 6.45) is 0. The molecule has 0 aliphatic carbocycles. The Morgan fingerprint density at radius 3 is 1.97 bits per heavy atom. The number of furan rings is 1. The summed E-state index contributed by atoms with van der Waals surface area (Å²) >= 11 is 1.84. The molecule has 10 aromatic carbocycles. The van der Waals surface area contributed by atoms with E-state index < -0.39 is 0 Å². The van der Waals surface area contributed by atoms with Crippen molar-refractivity contribution in [2.24, 2.45) is 0 Å². The maximum absolute atomic E-state index is 6.47. The van der Waals surface area contributed by atoms with E-state index in [0.717, 1.165) is 55.8 Å². The topological polar surface area (TPSA) is 21.3 Å². The smallest absolute Gasteiger partial charge is 0.137 e. The monoisotopic (exact) mass is 808 g/mol. The summed E-state index contributed by atoms with van der Waals surface area (Å²) in [6, 6.07) is 79.3. The maximum atomic E-state index is 6.47. The summed E-state index contributed by atoms with van der Waals surface area (Å²) in [6.45, 7) is 0. The van der Waals surface area contributed by atoms with Gasteiger partial charge in [0.05, 0.1) is 22.4 Å². The second-order valence-electron chi connectivity index (χ2n) is 16.0. The molecule has 0 aliphatic rings. The molecule has 0 aliphatic heterocycles. The highest BCUT2D eigenvalue weighted by atomic mass is 32.1. The maximum Gasteiger partial charge on any atom is 0.137 e. The largest absolute Gasteiger partial charge is 0.456 e. The van der Waals surface area contributed by atoms with Gasteiger partial charge in [-0.25, -0.2) is 0 Å². The molecule has 0 N–H and O–H groups in total. The molecule has 13 aromatic rings. The van der Waals surface area contributed by atoms with Crippen LogP contribution in [0, 0.1) is 0 Å². The first-order valence-electron chi connectivity index (χ1n) is 21.1. The van der Waals surface area contributed by atoms with E-state index in [1.165, 1.54) is 63.9 Å². The molecule has 62 heavy (non-hydrogen) atoms. The van der Waals surface area contributed by atoms with Crippen molar-refractivity contribution in [3.8, 4) is 27.9 Å². The van der Waals surface area contributed by atoms with Crippen LogP contribution in [0.4, 0.5) is 17.1 Å².